The van der Waals surface area contributed by atoms with Crippen LogP contribution < -0.4 is 0 Å². The molecule has 0 spiro atoms. The highest BCUT2D eigenvalue weighted by Gasteiger charge is 2.36. The van der Waals surface area contributed by atoms with Crippen LogP contribution in [0.15, 0.2) is 182 Å². The standard InChI is InChI=1S/C41H39P3/c1-41(42-38(32-20-8-2-9-21-32)33-22-10-3-11-23-33,43-39(34-24-12-4-13-25-34)35-26-14-5-15-27-35)44-40(36-28-16-6-17-29-36)37-30-18-7-19-31-37/h2-31,38-40,42-44H,1H3. The van der Waals surface area contributed by atoms with Gasteiger partial charge in [-0.05, 0) is 40.3 Å². The van der Waals surface area contributed by atoms with Gasteiger partial charge in [-0.1, -0.05) is 208 Å². The predicted molar refractivity (Wildman–Crippen MR) is 198 cm³/mol. The largest absolute Gasteiger partial charge is 0.0949 e. The van der Waals surface area contributed by atoms with Gasteiger partial charge in [-0.15, -0.1) is 0 Å². The van der Waals surface area contributed by atoms with Crippen LogP contribution in [0.4, 0.5) is 0 Å². The van der Waals surface area contributed by atoms with E-state index in [1.54, 1.807) is 0 Å². The molecule has 0 aromatic heterocycles. The minimum Gasteiger partial charge on any atom is -0.0949 e. The normalized spacial score (nSPS) is 13.6. The monoisotopic (exact) mass is 624 g/mol. The Balaban J connectivity index is 1.48. The molecule has 6 aromatic rings. The fourth-order valence-electron chi connectivity index (χ4n) is 5.94. The summed E-state index contributed by atoms with van der Waals surface area (Å²) < 4.78 is 0.0725. The summed E-state index contributed by atoms with van der Waals surface area (Å²) >= 11 is 0. The molecule has 6 rings (SSSR count). The maximum atomic E-state index is 2.60. The highest BCUT2D eigenvalue weighted by Crippen LogP contribution is 2.71. The first-order chi connectivity index (χ1) is 21.7. The van der Waals surface area contributed by atoms with Crippen molar-refractivity contribution in [2.75, 3.05) is 0 Å². The zero-order chi connectivity index (χ0) is 30.0. The smallest absolute Gasteiger partial charge is 0.0274 e. The number of rotatable bonds is 12. The summed E-state index contributed by atoms with van der Waals surface area (Å²) in [5, 5.41) is 0. The molecule has 0 amide bonds. The molecule has 3 heteroatoms. The first-order valence-electron chi connectivity index (χ1n) is 15.3. The summed E-state index contributed by atoms with van der Waals surface area (Å²) in [6, 6.07) is 67.2. The molecular formula is C41H39P3. The van der Waals surface area contributed by atoms with Crippen molar-refractivity contribution >= 4 is 25.7 Å². The fourth-order valence-corrected chi connectivity index (χ4v) is 13.4. The van der Waals surface area contributed by atoms with Crippen LogP contribution >= 0.6 is 25.7 Å². The van der Waals surface area contributed by atoms with Crippen LogP contribution in [0.3, 0.4) is 0 Å². The van der Waals surface area contributed by atoms with Crippen molar-refractivity contribution in [3.8, 4) is 0 Å². The SMILES string of the molecule is CC(PC(c1ccccc1)c1ccccc1)(PC(c1ccccc1)c1ccccc1)PC(c1ccccc1)c1ccccc1. The Bertz CT molecular complexity index is 1350. The number of hydrogen-bond donors (Lipinski definition) is 0. The van der Waals surface area contributed by atoms with E-state index in [1.807, 2.05) is 0 Å². The topological polar surface area (TPSA) is 0 Å². The molecule has 0 nitrogen and oxygen atoms in total. The molecule has 0 aliphatic rings. The Morgan fingerprint density at radius 3 is 0.614 bits per heavy atom. The van der Waals surface area contributed by atoms with Crippen molar-refractivity contribution in [2.24, 2.45) is 0 Å². The van der Waals surface area contributed by atoms with Gasteiger partial charge in [0.15, 0.2) is 0 Å². The minimum atomic E-state index is 0.0725. The average molecular weight is 625 g/mol. The van der Waals surface area contributed by atoms with Crippen molar-refractivity contribution in [2.45, 2.75) is 28.5 Å². The Hall–Kier alpha value is -3.39. The maximum Gasteiger partial charge on any atom is 0.0274 e. The van der Waals surface area contributed by atoms with Gasteiger partial charge in [0.2, 0.25) is 0 Å². The Kier molecular flexibility index (Phi) is 10.5. The quantitative estimate of drug-likeness (QED) is 0.119. The second-order valence-corrected chi connectivity index (χ2v) is 18.4. The van der Waals surface area contributed by atoms with Gasteiger partial charge in [0.25, 0.3) is 0 Å². The maximum absolute atomic E-state index is 2.60. The fraction of sp³-hybridized carbons (Fsp3) is 0.122. The summed E-state index contributed by atoms with van der Waals surface area (Å²) in [6.45, 7) is 2.60. The highest BCUT2D eigenvalue weighted by molar-refractivity contribution is 7.76. The third-order valence-electron chi connectivity index (χ3n) is 8.10. The molecule has 0 N–H and O–H groups in total. The molecule has 0 saturated heterocycles. The Morgan fingerprint density at radius 1 is 0.295 bits per heavy atom. The summed E-state index contributed by atoms with van der Waals surface area (Å²) in [5.41, 5.74) is 9.45. The van der Waals surface area contributed by atoms with Gasteiger partial charge in [0, 0.05) is 21.6 Å². The first kappa shape index (κ1) is 30.6. The molecule has 218 valence electrons. The first-order valence-corrected chi connectivity index (χ1v) is 18.5. The molecule has 3 atom stereocenters. The average Bonchev–Trinajstić information content (AvgIpc) is 3.11. The molecule has 6 aromatic carbocycles. The molecule has 0 bridgehead atoms. The van der Waals surface area contributed by atoms with E-state index in [9.17, 15) is 0 Å². The minimum absolute atomic E-state index is 0.0725. The molecule has 0 radical (unpaired) electrons. The molecular weight excluding hydrogens is 585 g/mol. The number of hydrogen-bond acceptors (Lipinski definition) is 0. The van der Waals surface area contributed by atoms with Gasteiger partial charge in [-0.25, -0.2) is 0 Å². The van der Waals surface area contributed by atoms with Crippen LogP contribution in [-0.2, 0) is 0 Å². The van der Waals surface area contributed by atoms with Crippen LogP contribution in [0.1, 0.15) is 57.3 Å². The lowest BCUT2D eigenvalue weighted by atomic mass is 10.0. The van der Waals surface area contributed by atoms with E-state index in [2.05, 4.69) is 189 Å². The molecule has 3 unspecified atom stereocenters. The molecule has 0 aliphatic heterocycles. The van der Waals surface area contributed by atoms with Crippen LogP contribution in [0.25, 0.3) is 0 Å². The van der Waals surface area contributed by atoms with Gasteiger partial charge >= 0.3 is 0 Å². The van der Waals surface area contributed by atoms with E-state index in [0.29, 0.717) is 42.7 Å². The Labute approximate surface area is 268 Å². The summed E-state index contributed by atoms with van der Waals surface area (Å²) in [7, 11) is 2.14. The molecule has 0 aliphatic carbocycles. The van der Waals surface area contributed by atoms with Gasteiger partial charge in [0.1, 0.15) is 0 Å². The molecule has 0 fully saturated rings. The summed E-state index contributed by atoms with van der Waals surface area (Å²) in [4.78, 5) is 0. The van der Waals surface area contributed by atoms with Crippen LogP contribution in [0.2, 0.25) is 0 Å². The van der Waals surface area contributed by atoms with E-state index < -0.39 is 0 Å². The third-order valence-corrected chi connectivity index (χ3v) is 15.3. The third kappa shape index (κ3) is 7.81. The zero-order valence-electron chi connectivity index (χ0n) is 25.1. The van der Waals surface area contributed by atoms with E-state index in [1.165, 1.54) is 33.4 Å². The lowest BCUT2D eigenvalue weighted by molar-refractivity contribution is 1.07. The van der Waals surface area contributed by atoms with Crippen LogP contribution in [-0.4, -0.2) is 4.64 Å². The van der Waals surface area contributed by atoms with E-state index >= 15 is 0 Å². The van der Waals surface area contributed by atoms with Crippen molar-refractivity contribution in [3.05, 3.63) is 215 Å². The van der Waals surface area contributed by atoms with Crippen molar-refractivity contribution in [1.82, 2.24) is 0 Å². The van der Waals surface area contributed by atoms with Crippen molar-refractivity contribution in [1.29, 1.82) is 0 Å². The zero-order valence-corrected chi connectivity index (χ0v) is 28.1. The van der Waals surface area contributed by atoms with Gasteiger partial charge < -0.3 is 0 Å². The van der Waals surface area contributed by atoms with E-state index in [0.717, 1.165) is 0 Å². The number of benzene rings is 6. The molecule has 44 heavy (non-hydrogen) atoms. The molecule has 0 saturated carbocycles. The van der Waals surface area contributed by atoms with Crippen LogP contribution in [0, 0.1) is 0 Å². The highest BCUT2D eigenvalue weighted by atomic mass is 31.2. The van der Waals surface area contributed by atoms with Gasteiger partial charge in [0.05, 0.1) is 0 Å². The van der Waals surface area contributed by atoms with Crippen molar-refractivity contribution in [3.63, 3.8) is 0 Å². The predicted octanol–water partition coefficient (Wildman–Crippen LogP) is 12.1. The lowest BCUT2D eigenvalue weighted by Crippen LogP contribution is -2.14. The Morgan fingerprint density at radius 2 is 0.455 bits per heavy atom. The summed E-state index contributed by atoms with van der Waals surface area (Å²) in [5.74, 6) is 0. The van der Waals surface area contributed by atoms with E-state index in [4.69, 9.17) is 0 Å². The second-order valence-electron chi connectivity index (χ2n) is 11.3. The lowest BCUT2D eigenvalue weighted by Gasteiger charge is -2.40. The summed E-state index contributed by atoms with van der Waals surface area (Å²) in [6.07, 6.45) is 0. The van der Waals surface area contributed by atoms with E-state index in [-0.39, 0.29) is 4.64 Å². The molecule has 0 heterocycles. The van der Waals surface area contributed by atoms with Crippen molar-refractivity contribution < 1.29 is 0 Å². The van der Waals surface area contributed by atoms with Crippen LogP contribution in [0.5, 0.6) is 0 Å². The van der Waals surface area contributed by atoms with Gasteiger partial charge in [-0.2, -0.15) is 0 Å². The second kappa shape index (κ2) is 15.1. The van der Waals surface area contributed by atoms with Gasteiger partial charge in [-0.3, -0.25) is 0 Å².